The number of carbonyl (C=O) groups is 1. The highest BCUT2D eigenvalue weighted by Crippen LogP contribution is 2.18. The predicted octanol–water partition coefficient (Wildman–Crippen LogP) is 0.477. The molecule has 2 heterocycles. The van der Waals surface area contributed by atoms with Gasteiger partial charge in [0.25, 0.3) is 0 Å². The molecule has 1 aliphatic heterocycles. The van der Waals surface area contributed by atoms with Crippen molar-refractivity contribution in [1.29, 1.82) is 0 Å². The molecule has 0 aliphatic carbocycles. The third-order valence-corrected chi connectivity index (χ3v) is 5.22. The normalized spacial score (nSPS) is 16.6. The van der Waals surface area contributed by atoms with Gasteiger partial charge in [-0.05, 0) is 26.7 Å². The first-order valence-electron chi connectivity index (χ1n) is 7.37. The standard InChI is InChI=1S/C13H22N4O4S/c1-10-13(11(2)21-16-10)22(19,20)14-7-6-12(18)15-17-8-4-3-5-9-17/h14H,3-9H2,1-2H3,(H,15,18). The average Bonchev–Trinajstić information content (AvgIpc) is 2.79. The number of hydrogen-bond donors (Lipinski definition) is 2. The van der Waals surface area contributed by atoms with E-state index in [2.05, 4.69) is 15.3 Å². The van der Waals surface area contributed by atoms with Gasteiger partial charge in [-0.2, -0.15) is 0 Å². The molecular weight excluding hydrogens is 308 g/mol. The Balaban J connectivity index is 1.81. The molecule has 0 atom stereocenters. The molecule has 2 rings (SSSR count). The summed E-state index contributed by atoms with van der Waals surface area (Å²) in [6.45, 7) is 4.82. The zero-order chi connectivity index (χ0) is 16.2. The monoisotopic (exact) mass is 330 g/mol. The van der Waals surface area contributed by atoms with Gasteiger partial charge in [-0.25, -0.2) is 18.1 Å². The maximum absolute atomic E-state index is 12.2. The molecule has 1 aliphatic rings. The first-order valence-corrected chi connectivity index (χ1v) is 8.85. The van der Waals surface area contributed by atoms with E-state index < -0.39 is 10.0 Å². The van der Waals surface area contributed by atoms with Crippen molar-refractivity contribution in [3.05, 3.63) is 11.5 Å². The lowest BCUT2D eigenvalue weighted by Gasteiger charge is -2.26. The van der Waals surface area contributed by atoms with E-state index in [1.165, 1.54) is 13.3 Å². The highest BCUT2D eigenvalue weighted by atomic mass is 32.2. The summed E-state index contributed by atoms with van der Waals surface area (Å²) in [5.41, 5.74) is 3.10. The second-order valence-corrected chi connectivity index (χ2v) is 7.09. The largest absolute Gasteiger partial charge is 0.360 e. The van der Waals surface area contributed by atoms with E-state index in [9.17, 15) is 13.2 Å². The Labute approximate surface area is 130 Å². The van der Waals surface area contributed by atoms with Gasteiger partial charge in [0.05, 0.1) is 0 Å². The van der Waals surface area contributed by atoms with E-state index in [1.807, 2.05) is 5.01 Å². The molecule has 9 heteroatoms. The number of hydrogen-bond acceptors (Lipinski definition) is 6. The smallest absolute Gasteiger partial charge is 0.245 e. The number of hydrazine groups is 1. The van der Waals surface area contributed by atoms with Gasteiger partial charge in [0.2, 0.25) is 15.9 Å². The summed E-state index contributed by atoms with van der Waals surface area (Å²) in [6.07, 6.45) is 3.40. The van der Waals surface area contributed by atoms with Crippen LogP contribution in [0.2, 0.25) is 0 Å². The lowest BCUT2D eigenvalue weighted by molar-refractivity contribution is -0.126. The molecule has 124 valence electrons. The summed E-state index contributed by atoms with van der Waals surface area (Å²) in [5, 5.41) is 5.51. The van der Waals surface area contributed by atoms with E-state index >= 15 is 0 Å². The first-order chi connectivity index (χ1) is 10.4. The predicted molar refractivity (Wildman–Crippen MR) is 79.3 cm³/mol. The molecule has 0 aromatic carbocycles. The Morgan fingerprint density at radius 3 is 2.55 bits per heavy atom. The quantitative estimate of drug-likeness (QED) is 0.786. The maximum atomic E-state index is 12.2. The van der Waals surface area contributed by atoms with Crippen molar-refractivity contribution < 1.29 is 17.7 Å². The van der Waals surface area contributed by atoms with Crippen LogP contribution in [0.4, 0.5) is 0 Å². The minimum atomic E-state index is -3.71. The van der Waals surface area contributed by atoms with Crippen LogP contribution in [-0.2, 0) is 14.8 Å². The van der Waals surface area contributed by atoms with E-state index in [1.54, 1.807) is 6.92 Å². The van der Waals surface area contributed by atoms with Gasteiger partial charge in [0.15, 0.2) is 5.76 Å². The van der Waals surface area contributed by atoms with Crippen LogP contribution < -0.4 is 10.1 Å². The number of nitrogens with zero attached hydrogens (tertiary/aromatic N) is 2. The van der Waals surface area contributed by atoms with Crippen LogP contribution in [0.1, 0.15) is 37.1 Å². The van der Waals surface area contributed by atoms with Gasteiger partial charge in [-0.1, -0.05) is 11.6 Å². The molecule has 0 spiro atoms. The Bertz CT molecular complexity index is 600. The van der Waals surface area contributed by atoms with Crippen LogP contribution >= 0.6 is 0 Å². The zero-order valence-electron chi connectivity index (χ0n) is 12.9. The van der Waals surface area contributed by atoms with Gasteiger partial charge < -0.3 is 4.52 Å². The molecule has 1 aromatic rings. The molecule has 0 bridgehead atoms. The number of carbonyl (C=O) groups excluding carboxylic acids is 1. The third-order valence-electron chi connectivity index (χ3n) is 3.52. The number of aryl methyl sites for hydroxylation is 2. The first kappa shape index (κ1) is 16.9. The summed E-state index contributed by atoms with van der Waals surface area (Å²) in [5.74, 6) is 0.0473. The fourth-order valence-electron chi connectivity index (χ4n) is 2.47. The van der Waals surface area contributed by atoms with Crippen molar-refractivity contribution in [2.45, 2.75) is 44.4 Å². The Kier molecular flexibility index (Phi) is 5.54. The third kappa shape index (κ3) is 4.28. The molecular formula is C13H22N4O4S. The number of aromatic nitrogens is 1. The minimum absolute atomic E-state index is 0.0338. The SMILES string of the molecule is Cc1noc(C)c1S(=O)(=O)NCCC(=O)NN1CCCCC1. The second-order valence-electron chi connectivity index (χ2n) is 5.38. The van der Waals surface area contributed by atoms with E-state index in [-0.39, 0.29) is 29.5 Å². The molecule has 22 heavy (non-hydrogen) atoms. The Morgan fingerprint density at radius 2 is 1.95 bits per heavy atom. The molecule has 8 nitrogen and oxygen atoms in total. The van der Waals surface area contributed by atoms with Gasteiger partial charge in [-0.3, -0.25) is 10.2 Å². The molecule has 2 N–H and O–H groups in total. The summed E-state index contributed by atoms with van der Waals surface area (Å²) < 4.78 is 31.6. The molecule has 1 fully saturated rings. The van der Waals surface area contributed by atoms with Gasteiger partial charge in [0.1, 0.15) is 10.6 Å². The van der Waals surface area contributed by atoms with Crippen molar-refractivity contribution in [2.24, 2.45) is 0 Å². The summed E-state index contributed by atoms with van der Waals surface area (Å²) in [7, 11) is -3.71. The maximum Gasteiger partial charge on any atom is 0.245 e. The van der Waals surface area contributed by atoms with Crippen LogP contribution in [0.15, 0.2) is 9.42 Å². The van der Waals surface area contributed by atoms with Crippen molar-refractivity contribution in [2.75, 3.05) is 19.6 Å². The van der Waals surface area contributed by atoms with Crippen LogP contribution in [0.25, 0.3) is 0 Å². The minimum Gasteiger partial charge on any atom is -0.360 e. The molecule has 1 amide bonds. The number of piperidine rings is 1. The highest BCUT2D eigenvalue weighted by Gasteiger charge is 2.24. The van der Waals surface area contributed by atoms with Crippen molar-refractivity contribution in [3.63, 3.8) is 0 Å². The fourth-order valence-corrected chi connectivity index (χ4v) is 3.82. The highest BCUT2D eigenvalue weighted by molar-refractivity contribution is 7.89. The van der Waals surface area contributed by atoms with Crippen LogP contribution in [0.3, 0.4) is 0 Å². The number of sulfonamides is 1. The lowest BCUT2D eigenvalue weighted by atomic mass is 10.2. The van der Waals surface area contributed by atoms with Crippen LogP contribution in [0.5, 0.6) is 0 Å². The van der Waals surface area contributed by atoms with Crippen molar-refractivity contribution >= 4 is 15.9 Å². The van der Waals surface area contributed by atoms with E-state index in [4.69, 9.17) is 4.52 Å². The second kappa shape index (κ2) is 7.21. The average molecular weight is 330 g/mol. The lowest BCUT2D eigenvalue weighted by Crippen LogP contribution is -2.45. The molecule has 0 radical (unpaired) electrons. The Hall–Kier alpha value is -1.45. The van der Waals surface area contributed by atoms with E-state index in [0.29, 0.717) is 5.69 Å². The molecule has 1 saturated heterocycles. The Morgan fingerprint density at radius 1 is 1.27 bits per heavy atom. The summed E-state index contributed by atoms with van der Waals surface area (Å²) >= 11 is 0. The van der Waals surface area contributed by atoms with Gasteiger partial charge in [-0.15, -0.1) is 0 Å². The number of rotatable bonds is 6. The van der Waals surface area contributed by atoms with E-state index in [0.717, 1.165) is 25.9 Å². The summed E-state index contributed by atoms with van der Waals surface area (Å²) in [4.78, 5) is 11.8. The molecule has 1 aromatic heterocycles. The van der Waals surface area contributed by atoms with Crippen LogP contribution in [0, 0.1) is 13.8 Å². The van der Waals surface area contributed by atoms with Gasteiger partial charge in [0, 0.05) is 26.1 Å². The van der Waals surface area contributed by atoms with Crippen molar-refractivity contribution in [3.8, 4) is 0 Å². The van der Waals surface area contributed by atoms with Crippen molar-refractivity contribution in [1.82, 2.24) is 20.3 Å². The topological polar surface area (TPSA) is 105 Å². The van der Waals surface area contributed by atoms with Gasteiger partial charge >= 0.3 is 0 Å². The fraction of sp³-hybridized carbons (Fsp3) is 0.692. The summed E-state index contributed by atoms with van der Waals surface area (Å²) in [6, 6.07) is 0. The molecule has 0 unspecified atom stereocenters. The zero-order valence-corrected chi connectivity index (χ0v) is 13.7. The number of nitrogens with one attached hydrogen (secondary N) is 2. The number of amides is 1. The van der Waals surface area contributed by atoms with Crippen LogP contribution in [-0.4, -0.2) is 44.1 Å². The molecule has 0 saturated carbocycles.